The van der Waals surface area contributed by atoms with Crippen LogP contribution >= 0.6 is 0 Å². The van der Waals surface area contributed by atoms with Gasteiger partial charge in [0.2, 0.25) is 0 Å². The van der Waals surface area contributed by atoms with Gasteiger partial charge in [-0.05, 0) is 0 Å². The molecule has 1 aliphatic rings. The molecule has 7 nitrogen and oxygen atoms in total. The lowest BCUT2D eigenvalue weighted by molar-refractivity contribution is -0.261. The van der Waals surface area contributed by atoms with E-state index < -0.39 is 37.2 Å². The minimum absolute atomic E-state index is 0.206. The van der Waals surface area contributed by atoms with E-state index in [0.717, 1.165) is 0 Å². The Morgan fingerprint density at radius 3 is 2.64 bits per heavy atom. The van der Waals surface area contributed by atoms with Crippen LogP contribution in [-0.2, 0) is 14.3 Å². The van der Waals surface area contributed by atoms with Crippen molar-refractivity contribution in [3.05, 3.63) is 0 Å². The second-order valence-corrected chi connectivity index (χ2v) is 2.95. The highest BCUT2D eigenvalue weighted by Crippen LogP contribution is 2.16. The van der Waals surface area contributed by atoms with Crippen molar-refractivity contribution in [2.24, 2.45) is 0 Å². The molecule has 4 atom stereocenters. The van der Waals surface area contributed by atoms with Gasteiger partial charge >= 0.3 is 5.97 Å². The van der Waals surface area contributed by atoms with Gasteiger partial charge in [0.05, 0.1) is 6.61 Å². The van der Waals surface area contributed by atoms with Gasteiger partial charge in [-0.15, -0.1) is 0 Å². The van der Waals surface area contributed by atoms with Gasteiger partial charge in [0, 0.05) is 0 Å². The van der Waals surface area contributed by atoms with Crippen LogP contribution in [0.3, 0.4) is 0 Å². The maximum atomic E-state index is 10.2. The molecule has 1 aliphatic heterocycles. The molecule has 0 radical (unpaired) electrons. The summed E-state index contributed by atoms with van der Waals surface area (Å²) < 4.78 is 9.27. The minimum Gasteiger partial charge on any atom is -0.480 e. The van der Waals surface area contributed by atoms with E-state index in [4.69, 9.17) is 14.9 Å². The number of hydrogen-bond acceptors (Lipinski definition) is 6. The maximum absolute atomic E-state index is 10.2. The summed E-state index contributed by atoms with van der Waals surface area (Å²) in [5.74, 6) is -1.22. The fourth-order valence-electron chi connectivity index (χ4n) is 1.16. The Hall–Kier alpha value is -0.730. The molecule has 82 valence electrons. The monoisotopic (exact) mass is 208 g/mol. The molecule has 1 saturated heterocycles. The topological polar surface area (TPSA) is 116 Å². The molecular formula is C7H12O7. The third kappa shape index (κ3) is 2.63. The van der Waals surface area contributed by atoms with E-state index in [9.17, 15) is 15.0 Å². The predicted octanol–water partition coefficient (Wildman–Crippen LogP) is -2.47. The third-order valence-corrected chi connectivity index (χ3v) is 1.84. The summed E-state index contributed by atoms with van der Waals surface area (Å²) in [6.07, 6.45) is -5.20. The second-order valence-electron chi connectivity index (χ2n) is 2.95. The molecule has 0 aromatic rings. The molecule has 1 heterocycles. The zero-order valence-corrected chi connectivity index (χ0v) is 7.24. The molecule has 1 rings (SSSR count). The zero-order valence-electron chi connectivity index (χ0n) is 7.24. The van der Waals surface area contributed by atoms with Crippen molar-refractivity contribution in [1.82, 2.24) is 0 Å². The average molecular weight is 208 g/mol. The standard InChI is InChI=1S/C7H12O7/c8-3-1-14-7(12)5(11)6(3)13-2-4(9)10/h3,5-8,11-12H,1-2H2,(H,9,10). The summed E-state index contributed by atoms with van der Waals surface area (Å²) in [7, 11) is 0. The highest BCUT2D eigenvalue weighted by Gasteiger charge is 2.38. The van der Waals surface area contributed by atoms with Crippen molar-refractivity contribution in [3.8, 4) is 0 Å². The lowest BCUT2D eigenvalue weighted by Crippen LogP contribution is -2.54. The quantitative estimate of drug-likeness (QED) is 0.406. The Balaban J connectivity index is 2.49. The number of aliphatic hydroxyl groups excluding tert-OH is 3. The number of carboxylic acids is 1. The lowest BCUT2D eigenvalue weighted by Gasteiger charge is -2.34. The smallest absolute Gasteiger partial charge is 0.329 e. The van der Waals surface area contributed by atoms with Crippen molar-refractivity contribution >= 4 is 5.97 Å². The SMILES string of the molecule is O=C(O)COC1C(O)COC(O)C1O. The van der Waals surface area contributed by atoms with Gasteiger partial charge in [0.15, 0.2) is 6.29 Å². The normalized spacial score (nSPS) is 38.2. The first-order chi connectivity index (χ1) is 6.52. The second kappa shape index (κ2) is 4.67. The molecule has 14 heavy (non-hydrogen) atoms. The van der Waals surface area contributed by atoms with Crippen molar-refractivity contribution in [2.45, 2.75) is 24.6 Å². The average Bonchev–Trinajstić information content (AvgIpc) is 2.11. The number of carbonyl (C=O) groups is 1. The summed E-state index contributed by atoms with van der Waals surface area (Å²) in [5.41, 5.74) is 0. The summed E-state index contributed by atoms with van der Waals surface area (Å²) in [6.45, 7) is -0.853. The van der Waals surface area contributed by atoms with Gasteiger partial charge in [0.1, 0.15) is 24.9 Å². The van der Waals surface area contributed by atoms with Crippen LogP contribution in [0, 0.1) is 0 Å². The summed E-state index contributed by atoms with van der Waals surface area (Å²) in [4.78, 5) is 10.2. The number of aliphatic carboxylic acids is 1. The van der Waals surface area contributed by atoms with Crippen LogP contribution < -0.4 is 0 Å². The summed E-state index contributed by atoms with van der Waals surface area (Å²) in [6, 6.07) is 0. The highest BCUT2D eigenvalue weighted by atomic mass is 16.6. The first-order valence-electron chi connectivity index (χ1n) is 4.01. The molecule has 0 saturated carbocycles. The van der Waals surface area contributed by atoms with Crippen molar-refractivity contribution in [1.29, 1.82) is 0 Å². The van der Waals surface area contributed by atoms with Crippen LogP contribution in [0.25, 0.3) is 0 Å². The lowest BCUT2D eigenvalue weighted by atomic mass is 10.1. The summed E-state index contributed by atoms with van der Waals surface area (Å²) in [5, 5.41) is 35.8. The molecule has 1 fully saturated rings. The van der Waals surface area contributed by atoms with Gasteiger partial charge in [-0.3, -0.25) is 0 Å². The maximum Gasteiger partial charge on any atom is 0.329 e. The van der Waals surface area contributed by atoms with Crippen molar-refractivity contribution in [3.63, 3.8) is 0 Å². The molecule has 0 aromatic heterocycles. The molecule has 0 spiro atoms. The van der Waals surface area contributed by atoms with E-state index in [1.54, 1.807) is 0 Å². The molecule has 0 amide bonds. The number of ether oxygens (including phenoxy) is 2. The summed E-state index contributed by atoms with van der Waals surface area (Å²) >= 11 is 0. The first-order valence-corrected chi connectivity index (χ1v) is 4.01. The van der Waals surface area contributed by atoms with Gasteiger partial charge in [0.25, 0.3) is 0 Å². The third-order valence-electron chi connectivity index (χ3n) is 1.84. The highest BCUT2D eigenvalue weighted by molar-refractivity contribution is 5.68. The van der Waals surface area contributed by atoms with Gasteiger partial charge in [-0.2, -0.15) is 0 Å². The largest absolute Gasteiger partial charge is 0.480 e. The van der Waals surface area contributed by atoms with Gasteiger partial charge in [-0.25, -0.2) is 4.79 Å². The minimum atomic E-state index is -1.46. The van der Waals surface area contributed by atoms with Crippen LogP contribution in [0.4, 0.5) is 0 Å². The molecule has 4 N–H and O–H groups in total. The van der Waals surface area contributed by atoms with Crippen LogP contribution in [0.15, 0.2) is 0 Å². The van der Waals surface area contributed by atoms with Crippen molar-refractivity contribution < 1.29 is 34.7 Å². The molecular weight excluding hydrogens is 196 g/mol. The van der Waals surface area contributed by atoms with E-state index >= 15 is 0 Å². The van der Waals surface area contributed by atoms with E-state index in [-0.39, 0.29) is 6.61 Å². The van der Waals surface area contributed by atoms with E-state index in [0.29, 0.717) is 0 Å². The van der Waals surface area contributed by atoms with Crippen LogP contribution in [0.1, 0.15) is 0 Å². The number of rotatable bonds is 3. The molecule has 0 aromatic carbocycles. The van der Waals surface area contributed by atoms with Crippen LogP contribution in [-0.4, -0.2) is 64.2 Å². The molecule has 0 aliphatic carbocycles. The van der Waals surface area contributed by atoms with Crippen molar-refractivity contribution in [2.75, 3.05) is 13.2 Å². The molecule has 0 bridgehead atoms. The number of aliphatic hydroxyl groups is 3. The Morgan fingerprint density at radius 1 is 1.43 bits per heavy atom. The molecule has 7 heteroatoms. The molecule has 4 unspecified atom stereocenters. The zero-order chi connectivity index (χ0) is 10.7. The van der Waals surface area contributed by atoms with Gasteiger partial charge < -0.3 is 29.9 Å². The predicted molar refractivity (Wildman–Crippen MR) is 41.3 cm³/mol. The van der Waals surface area contributed by atoms with E-state index in [1.807, 2.05) is 0 Å². The Kier molecular flexibility index (Phi) is 3.78. The van der Waals surface area contributed by atoms with E-state index in [1.165, 1.54) is 0 Å². The Bertz CT molecular complexity index is 206. The number of carboxylic acid groups (broad SMARTS) is 1. The fourth-order valence-corrected chi connectivity index (χ4v) is 1.16. The van der Waals surface area contributed by atoms with E-state index in [2.05, 4.69) is 4.74 Å². The first kappa shape index (κ1) is 11.3. The van der Waals surface area contributed by atoms with Crippen LogP contribution in [0.5, 0.6) is 0 Å². The Morgan fingerprint density at radius 2 is 2.07 bits per heavy atom. The fraction of sp³-hybridized carbons (Fsp3) is 0.857. The Labute approximate surface area is 79.5 Å². The number of hydrogen-bond donors (Lipinski definition) is 4. The van der Waals surface area contributed by atoms with Crippen LogP contribution in [0.2, 0.25) is 0 Å². The van der Waals surface area contributed by atoms with Gasteiger partial charge in [-0.1, -0.05) is 0 Å².